The number of thiophene rings is 1. The molecule has 0 aliphatic rings. The third-order valence-electron chi connectivity index (χ3n) is 1.93. The highest BCUT2D eigenvalue weighted by Gasteiger charge is 2.12. The monoisotopic (exact) mass is 214 g/mol. The lowest BCUT2D eigenvalue weighted by atomic mass is 10.1. The first kappa shape index (κ1) is 11.2. The third kappa shape index (κ3) is 2.82. The first-order valence-electron chi connectivity index (χ1n) is 4.52. The SMILES string of the molecule is CCC(O)c1ccsc1COC(C)=O. The van der Waals surface area contributed by atoms with E-state index in [0.717, 1.165) is 10.4 Å². The van der Waals surface area contributed by atoms with E-state index in [-0.39, 0.29) is 12.6 Å². The quantitative estimate of drug-likeness (QED) is 0.782. The van der Waals surface area contributed by atoms with E-state index in [1.165, 1.54) is 18.3 Å². The first-order chi connectivity index (χ1) is 6.65. The van der Waals surface area contributed by atoms with Gasteiger partial charge in [-0.1, -0.05) is 6.92 Å². The molecule has 1 rings (SSSR count). The molecule has 3 nitrogen and oxygen atoms in total. The van der Waals surface area contributed by atoms with Gasteiger partial charge in [0.15, 0.2) is 0 Å². The van der Waals surface area contributed by atoms with Crippen LogP contribution >= 0.6 is 11.3 Å². The maximum atomic E-state index is 10.6. The predicted molar refractivity (Wildman–Crippen MR) is 55.0 cm³/mol. The largest absolute Gasteiger partial charge is 0.460 e. The summed E-state index contributed by atoms with van der Waals surface area (Å²) in [6.07, 6.45) is 0.218. The predicted octanol–water partition coefficient (Wildman–Crippen LogP) is 2.25. The summed E-state index contributed by atoms with van der Waals surface area (Å²) in [6, 6.07) is 1.87. The number of carbonyl (C=O) groups excluding carboxylic acids is 1. The number of aliphatic hydroxyl groups is 1. The molecule has 1 unspecified atom stereocenters. The van der Waals surface area contributed by atoms with Gasteiger partial charge in [0, 0.05) is 11.8 Å². The molecule has 0 spiro atoms. The van der Waals surface area contributed by atoms with E-state index in [1.807, 2.05) is 18.4 Å². The Kier molecular flexibility index (Phi) is 4.10. The van der Waals surface area contributed by atoms with Crippen molar-refractivity contribution in [1.29, 1.82) is 0 Å². The summed E-state index contributed by atoms with van der Waals surface area (Å²) < 4.78 is 4.88. The van der Waals surface area contributed by atoms with Crippen LogP contribution in [0.15, 0.2) is 11.4 Å². The molecule has 1 aromatic rings. The van der Waals surface area contributed by atoms with E-state index in [9.17, 15) is 9.90 Å². The average molecular weight is 214 g/mol. The normalized spacial score (nSPS) is 12.5. The molecule has 1 aromatic heterocycles. The Bertz CT molecular complexity index is 306. The Morgan fingerprint density at radius 3 is 3.00 bits per heavy atom. The van der Waals surface area contributed by atoms with Crippen molar-refractivity contribution >= 4 is 17.3 Å². The van der Waals surface area contributed by atoms with Gasteiger partial charge in [0.25, 0.3) is 0 Å². The number of aliphatic hydroxyl groups excluding tert-OH is 1. The number of ether oxygens (including phenoxy) is 1. The zero-order valence-corrected chi connectivity index (χ0v) is 9.13. The Balaban J connectivity index is 2.67. The van der Waals surface area contributed by atoms with Gasteiger partial charge in [-0.05, 0) is 23.4 Å². The Morgan fingerprint density at radius 1 is 1.71 bits per heavy atom. The Labute approximate surface area is 87.3 Å². The molecule has 1 heterocycles. The molecule has 0 aromatic carbocycles. The molecule has 0 fully saturated rings. The van der Waals surface area contributed by atoms with Crippen LogP contribution in [-0.4, -0.2) is 11.1 Å². The van der Waals surface area contributed by atoms with Crippen molar-refractivity contribution in [2.24, 2.45) is 0 Å². The molecule has 0 radical (unpaired) electrons. The summed E-state index contributed by atoms with van der Waals surface area (Å²) in [4.78, 5) is 11.5. The van der Waals surface area contributed by atoms with E-state index in [1.54, 1.807) is 0 Å². The van der Waals surface area contributed by atoms with E-state index in [2.05, 4.69) is 0 Å². The van der Waals surface area contributed by atoms with Crippen LogP contribution in [0.3, 0.4) is 0 Å². The van der Waals surface area contributed by atoms with Gasteiger partial charge in [-0.15, -0.1) is 11.3 Å². The molecule has 1 atom stereocenters. The molecule has 4 heteroatoms. The van der Waals surface area contributed by atoms with E-state index in [4.69, 9.17) is 4.74 Å². The van der Waals surface area contributed by atoms with Crippen molar-refractivity contribution in [2.45, 2.75) is 33.0 Å². The van der Waals surface area contributed by atoms with Gasteiger partial charge in [-0.2, -0.15) is 0 Å². The van der Waals surface area contributed by atoms with Crippen molar-refractivity contribution in [3.05, 3.63) is 21.9 Å². The number of hydrogen-bond donors (Lipinski definition) is 1. The van der Waals surface area contributed by atoms with Crippen LogP contribution in [0.1, 0.15) is 36.8 Å². The van der Waals surface area contributed by atoms with Crippen LogP contribution in [0.2, 0.25) is 0 Å². The van der Waals surface area contributed by atoms with Crippen molar-refractivity contribution in [3.63, 3.8) is 0 Å². The fourth-order valence-corrected chi connectivity index (χ4v) is 2.00. The maximum absolute atomic E-state index is 10.6. The Hall–Kier alpha value is -0.870. The number of hydrogen-bond acceptors (Lipinski definition) is 4. The van der Waals surface area contributed by atoms with Crippen molar-refractivity contribution < 1.29 is 14.6 Å². The zero-order chi connectivity index (χ0) is 10.6. The standard InChI is InChI=1S/C10H14O3S/c1-3-9(12)8-4-5-14-10(8)6-13-7(2)11/h4-5,9,12H,3,6H2,1-2H3. The maximum Gasteiger partial charge on any atom is 0.302 e. The third-order valence-corrected chi connectivity index (χ3v) is 2.84. The summed E-state index contributed by atoms with van der Waals surface area (Å²) in [7, 11) is 0. The highest BCUT2D eigenvalue weighted by Crippen LogP contribution is 2.26. The zero-order valence-electron chi connectivity index (χ0n) is 8.32. The molecular weight excluding hydrogens is 200 g/mol. The fourth-order valence-electron chi connectivity index (χ4n) is 1.15. The highest BCUT2D eigenvalue weighted by molar-refractivity contribution is 7.10. The minimum absolute atomic E-state index is 0.263. The minimum Gasteiger partial charge on any atom is -0.460 e. The lowest BCUT2D eigenvalue weighted by Crippen LogP contribution is -2.02. The number of esters is 1. The van der Waals surface area contributed by atoms with Gasteiger partial charge in [-0.25, -0.2) is 0 Å². The molecule has 0 aliphatic heterocycles. The Morgan fingerprint density at radius 2 is 2.43 bits per heavy atom. The van der Waals surface area contributed by atoms with Crippen molar-refractivity contribution in [3.8, 4) is 0 Å². The van der Waals surface area contributed by atoms with Gasteiger partial charge in [0.05, 0.1) is 6.10 Å². The highest BCUT2D eigenvalue weighted by atomic mass is 32.1. The van der Waals surface area contributed by atoms with Crippen LogP contribution in [0.25, 0.3) is 0 Å². The smallest absolute Gasteiger partial charge is 0.302 e. The minimum atomic E-state index is -0.452. The summed E-state index contributed by atoms with van der Waals surface area (Å²) in [6.45, 7) is 3.56. The van der Waals surface area contributed by atoms with Gasteiger partial charge < -0.3 is 9.84 Å². The molecule has 0 amide bonds. The van der Waals surface area contributed by atoms with Crippen molar-refractivity contribution in [1.82, 2.24) is 0 Å². The lowest BCUT2D eigenvalue weighted by molar-refractivity contribution is -0.142. The fraction of sp³-hybridized carbons (Fsp3) is 0.500. The molecule has 0 bridgehead atoms. The topological polar surface area (TPSA) is 46.5 Å². The van der Waals surface area contributed by atoms with Gasteiger partial charge in [-0.3, -0.25) is 4.79 Å². The molecule has 1 N–H and O–H groups in total. The second-order valence-corrected chi connectivity index (χ2v) is 4.00. The lowest BCUT2D eigenvalue weighted by Gasteiger charge is -2.08. The molecular formula is C10H14O3S. The second-order valence-electron chi connectivity index (χ2n) is 3.00. The molecule has 0 aliphatic carbocycles. The molecule has 0 saturated carbocycles. The second kappa shape index (κ2) is 5.12. The van der Waals surface area contributed by atoms with Crippen LogP contribution in [0, 0.1) is 0 Å². The number of rotatable bonds is 4. The van der Waals surface area contributed by atoms with E-state index >= 15 is 0 Å². The van der Waals surface area contributed by atoms with Gasteiger partial charge in [0.2, 0.25) is 0 Å². The van der Waals surface area contributed by atoms with Gasteiger partial charge in [0.1, 0.15) is 6.61 Å². The van der Waals surface area contributed by atoms with Crippen LogP contribution in [0.5, 0.6) is 0 Å². The van der Waals surface area contributed by atoms with E-state index < -0.39 is 6.10 Å². The molecule has 0 saturated heterocycles. The van der Waals surface area contributed by atoms with Gasteiger partial charge >= 0.3 is 5.97 Å². The van der Waals surface area contributed by atoms with Crippen LogP contribution in [-0.2, 0) is 16.1 Å². The van der Waals surface area contributed by atoms with Crippen LogP contribution < -0.4 is 0 Å². The summed E-state index contributed by atoms with van der Waals surface area (Å²) >= 11 is 1.50. The first-order valence-corrected chi connectivity index (χ1v) is 5.40. The van der Waals surface area contributed by atoms with Crippen molar-refractivity contribution in [2.75, 3.05) is 0 Å². The number of carbonyl (C=O) groups is 1. The summed E-state index contributed by atoms with van der Waals surface area (Å²) in [5.41, 5.74) is 0.874. The molecule has 14 heavy (non-hydrogen) atoms. The molecule has 78 valence electrons. The summed E-state index contributed by atoms with van der Waals surface area (Å²) in [5, 5.41) is 11.5. The summed E-state index contributed by atoms with van der Waals surface area (Å²) in [5.74, 6) is -0.296. The average Bonchev–Trinajstić information content (AvgIpc) is 2.61. The van der Waals surface area contributed by atoms with Crippen LogP contribution in [0.4, 0.5) is 0 Å². The van der Waals surface area contributed by atoms with E-state index in [0.29, 0.717) is 6.42 Å².